The van der Waals surface area contributed by atoms with E-state index in [1.807, 2.05) is 6.08 Å². The molecule has 1 aliphatic rings. The van der Waals surface area contributed by atoms with Crippen LogP contribution in [0.25, 0.3) is 0 Å². The van der Waals surface area contributed by atoms with Gasteiger partial charge in [0.1, 0.15) is 30.5 Å². The Morgan fingerprint density at radius 3 is 1.73 bits per heavy atom. The predicted octanol–water partition coefficient (Wildman–Crippen LogP) is 6.69. The van der Waals surface area contributed by atoms with E-state index in [2.05, 4.69) is 43.5 Å². The maximum Gasteiger partial charge on any atom is 0.249 e. The highest BCUT2D eigenvalue weighted by Gasteiger charge is 2.44. The van der Waals surface area contributed by atoms with E-state index in [0.29, 0.717) is 12.8 Å². The Morgan fingerprint density at radius 1 is 0.654 bits per heavy atom. The van der Waals surface area contributed by atoms with Crippen molar-refractivity contribution in [3.63, 3.8) is 0 Å². The van der Waals surface area contributed by atoms with E-state index in [1.54, 1.807) is 6.08 Å². The van der Waals surface area contributed by atoms with E-state index in [9.17, 15) is 35.4 Å². The molecule has 304 valence electrons. The van der Waals surface area contributed by atoms with Crippen molar-refractivity contribution in [2.45, 2.75) is 210 Å². The van der Waals surface area contributed by atoms with Gasteiger partial charge in [0.05, 0.1) is 25.4 Å². The number of rotatable bonds is 33. The van der Waals surface area contributed by atoms with Crippen LogP contribution >= 0.6 is 0 Å². The summed E-state index contributed by atoms with van der Waals surface area (Å²) in [7, 11) is 0. The molecule has 1 rings (SSSR count). The lowest BCUT2D eigenvalue weighted by atomic mass is 9.99. The average molecular weight is 740 g/mol. The minimum atomic E-state index is -1.62. The van der Waals surface area contributed by atoms with Crippen LogP contribution in [0.15, 0.2) is 36.5 Å². The van der Waals surface area contributed by atoms with Crippen LogP contribution in [0.5, 0.6) is 0 Å². The first-order valence-electron chi connectivity index (χ1n) is 20.8. The van der Waals surface area contributed by atoms with E-state index < -0.39 is 61.5 Å². The van der Waals surface area contributed by atoms with Crippen molar-refractivity contribution >= 4 is 5.91 Å². The molecule has 0 radical (unpaired) electrons. The summed E-state index contributed by atoms with van der Waals surface area (Å²) in [5, 5.41) is 64.3. The molecule has 0 aromatic carbocycles. The lowest BCUT2D eigenvalue weighted by Gasteiger charge is -2.40. The zero-order chi connectivity index (χ0) is 38.2. The van der Waals surface area contributed by atoms with E-state index in [0.717, 1.165) is 44.9 Å². The average Bonchev–Trinajstić information content (AvgIpc) is 3.14. The van der Waals surface area contributed by atoms with E-state index in [-0.39, 0.29) is 13.0 Å². The van der Waals surface area contributed by atoms with Gasteiger partial charge in [-0.15, -0.1) is 0 Å². The highest BCUT2D eigenvalue weighted by Crippen LogP contribution is 2.22. The molecule has 0 aliphatic carbocycles. The zero-order valence-corrected chi connectivity index (χ0v) is 32.7. The van der Waals surface area contributed by atoms with E-state index in [1.165, 1.54) is 83.5 Å². The molecule has 0 aromatic rings. The van der Waals surface area contributed by atoms with Gasteiger partial charge >= 0.3 is 0 Å². The maximum atomic E-state index is 12.9. The van der Waals surface area contributed by atoms with Gasteiger partial charge in [0.2, 0.25) is 5.91 Å². The van der Waals surface area contributed by atoms with Gasteiger partial charge in [-0.2, -0.15) is 0 Å². The topological polar surface area (TPSA) is 169 Å². The SMILES string of the molecule is CCCC/C=C\CCCCCCC(O)C(=O)NC(COC1OC(CO)C(O)C(O)C1O)C(O)/C=C/CC/C=C/CCCCCCCCCCCCC. The van der Waals surface area contributed by atoms with Crippen molar-refractivity contribution < 1.29 is 44.9 Å². The molecule has 1 saturated heterocycles. The number of amides is 1. The number of aliphatic hydroxyl groups excluding tert-OH is 6. The minimum Gasteiger partial charge on any atom is -0.394 e. The Balaban J connectivity index is 2.51. The van der Waals surface area contributed by atoms with Gasteiger partial charge < -0.3 is 45.4 Å². The van der Waals surface area contributed by atoms with E-state index >= 15 is 0 Å². The summed E-state index contributed by atoms with van der Waals surface area (Å²) in [5.41, 5.74) is 0. The van der Waals surface area contributed by atoms with Crippen LogP contribution in [0.3, 0.4) is 0 Å². The first kappa shape index (κ1) is 48.4. The number of carbonyl (C=O) groups is 1. The molecule has 1 amide bonds. The monoisotopic (exact) mass is 740 g/mol. The third kappa shape index (κ3) is 23.2. The summed E-state index contributed by atoms with van der Waals surface area (Å²) in [6, 6.07) is -0.998. The molecule has 10 heteroatoms. The Hall–Kier alpha value is -1.63. The fraction of sp³-hybridized carbons (Fsp3) is 0.833. The molecule has 0 aromatic heterocycles. The first-order chi connectivity index (χ1) is 25.3. The normalized spacial score (nSPS) is 22.8. The Morgan fingerprint density at radius 2 is 1.15 bits per heavy atom. The number of nitrogens with one attached hydrogen (secondary N) is 1. The molecular formula is C42H77NO9. The predicted molar refractivity (Wildman–Crippen MR) is 209 cm³/mol. The van der Waals surface area contributed by atoms with Gasteiger partial charge in [-0.3, -0.25) is 4.79 Å². The third-order valence-electron chi connectivity index (χ3n) is 9.79. The Kier molecular flexibility index (Phi) is 30.5. The third-order valence-corrected chi connectivity index (χ3v) is 9.79. The number of unbranched alkanes of at least 4 members (excludes halogenated alkanes) is 18. The molecule has 1 heterocycles. The molecule has 0 saturated carbocycles. The smallest absolute Gasteiger partial charge is 0.249 e. The largest absolute Gasteiger partial charge is 0.394 e. The van der Waals surface area contributed by atoms with Gasteiger partial charge in [0, 0.05) is 0 Å². The van der Waals surface area contributed by atoms with Crippen LogP contribution < -0.4 is 5.32 Å². The molecule has 7 N–H and O–H groups in total. The second kappa shape index (κ2) is 32.8. The maximum absolute atomic E-state index is 12.9. The molecule has 8 unspecified atom stereocenters. The molecule has 10 nitrogen and oxygen atoms in total. The Bertz CT molecular complexity index is 927. The second-order valence-corrected chi connectivity index (χ2v) is 14.6. The van der Waals surface area contributed by atoms with Crippen LogP contribution in [-0.2, 0) is 14.3 Å². The fourth-order valence-corrected chi connectivity index (χ4v) is 6.27. The highest BCUT2D eigenvalue weighted by atomic mass is 16.7. The van der Waals surface area contributed by atoms with Crippen LogP contribution in [0.1, 0.15) is 162 Å². The van der Waals surface area contributed by atoms with Crippen molar-refractivity contribution in [3.8, 4) is 0 Å². The van der Waals surface area contributed by atoms with Gasteiger partial charge in [0.15, 0.2) is 6.29 Å². The number of hydrogen-bond donors (Lipinski definition) is 7. The number of carbonyl (C=O) groups excluding carboxylic acids is 1. The minimum absolute atomic E-state index is 0.288. The summed E-state index contributed by atoms with van der Waals surface area (Å²) in [4.78, 5) is 12.9. The molecular weight excluding hydrogens is 662 g/mol. The van der Waals surface area contributed by atoms with Crippen LogP contribution in [0, 0.1) is 0 Å². The fourth-order valence-electron chi connectivity index (χ4n) is 6.27. The molecule has 52 heavy (non-hydrogen) atoms. The number of aliphatic hydroxyl groups is 6. The standard InChI is InChI=1S/C42H77NO9/c1-3-5-7-9-11-13-15-16-17-18-19-20-21-23-24-26-28-30-35(45)34(33-51-42-40(49)39(48)38(47)37(32-44)52-42)43-41(50)36(46)31-29-27-25-22-14-12-10-8-6-4-2/h10,12,21,23,28,30,34-40,42,44-49H,3-9,11,13-20,22,24-27,29,31-33H2,1-2H3,(H,43,50)/b12-10-,23-21+,30-28+. The van der Waals surface area contributed by atoms with Crippen LogP contribution in [-0.4, -0.2) is 98.7 Å². The number of ether oxygens (including phenoxy) is 2. The molecule has 8 atom stereocenters. The lowest BCUT2D eigenvalue weighted by molar-refractivity contribution is -0.302. The summed E-state index contributed by atoms with van der Waals surface area (Å²) >= 11 is 0. The Labute approximate surface area is 315 Å². The lowest BCUT2D eigenvalue weighted by Crippen LogP contribution is -2.60. The van der Waals surface area contributed by atoms with Crippen LogP contribution in [0.2, 0.25) is 0 Å². The highest BCUT2D eigenvalue weighted by molar-refractivity contribution is 5.80. The van der Waals surface area contributed by atoms with Crippen molar-refractivity contribution in [1.29, 1.82) is 0 Å². The van der Waals surface area contributed by atoms with Gasteiger partial charge in [-0.05, 0) is 51.4 Å². The summed E-state index contributed by atoms with van der Waals surface area (Å²) < 4.78 is 11.1. The number of hydrogen-bond acceptors (Lipinski definition) is 9. The van der Waals surface area contributed by atoms with Crippen molar-refractivity contribution in [2.75, 3.05) is 13.2 Å². The molecule has 0 spiro atoms. The summed E-state index contributed by atoms with van der Waals surface area (Å²) in [5.74, 6) is -0.640. The number of allylic oxidation sites excluding steroid dienone is 5. The first-order valence-corrected chi connectivity index (χ1v) is 20.8. The van der Waals surface area contributed by atoms with Crippen molar-refractivity contribution in [1.82, 2.24) is 5.32 Å². The molecule has 0 bridgehead atoms. The van der Waals surface area contributed by atoms with Crippen molar-refractivity contribution in [2.24, 2.45) is 0 Å². The van der Waals surface area contributed by atoms with Gasteiger partial charge in [-0.1, -0.05) is 147 Å². The quantitative estimate of drug-likeness (QED) is 0.0287. The van der Waals surface area contributed by atoms with Crippen molar-refractivity contribution in [3.05, 3.63) is 36.5 Å². The van der Waals surface area contributed by atoms with E-state index in [4.69, 9.17) is 9.47 Å². The summed E-state index contributed by atoms with van der Waals surface area (Å²) in [6.07, 6.45) is 28.1. The second-order valence-electron chi connectivity index (χ2n) is 14.6. The van der Waals surface area contributed by atoms with Crippen LogP contribution in [0.4, 0.5) is 0 Å². The molecule has 1 aliphatic heterocycles. The van der Waals surface area contributed by atoms with Gasteiger partial charge in [0.25, 0.3) is 0 Å². The van der Waals surface area contributed by atoms with Gasteiger partial charge in [-0.25, -0.2) is 0 Å². The molecule has 1 fully saturated rings. The zero-order valence-electron chi connectivity index (χ0n) is 32.7. The summed E-state index contributed by atoms with van der Waals surface area (Å²) in [6.45, 7) is 3.51.